The molecule has 1 amide bonds. The van der Waals surface area contributed by atoms with Crippen molar-refractivity contribution < 1.29 is 4.79 Å². The van der Waals surface area contributed by atoms with E-state index in [9.17, 15) is 4.79 Å². The van der Waals surface area contributed by atoms with Gasteiger partial charge in [-0.1, -0.05) is 24.3 Å². The Morgan fingerprint density at radius 2 is 1.97 bits per heavy atom. The molecule has 0 saturated carbocycles. The maximum atomic E-state index is 13.4. The van der Waals surface area contributed by atoms with Crippen molar-refractivity contribution in [1.82, 2.24) is 20.1 Å². The molecule has 6 heteroatoms. The average Bonchev–Trinajstić information content (AvgIpc) is 3.57. The number of hydrogen-bond acceptors (Lipinski definition) is 4. The minimum absolute atomic E-state index is 0.0730. The van der Waals surface area contributed by atoms with Crippen LogP contribution in [0.25, 0.3) is 31.4 Å². The largest absolute Gasteiger partial charge is 0.338 e. The molecule has 6 rings (SSSR count). The van der Waals surface area contributed by atoms with Crippen molar-refractivity contribution in [3.63, 3.8) is 0 Å². The van der Waals surface area contributed by atoms with Gasteiger partial charge in [-0.3, -0.25) is 14.9 Å². The van der Waals surface area contributed by atoms with Crippen LogP contribution >= 0.6 is 11.3 Å². The number of pyridine rings is 1. The van der Waals surface area contributed by atoms with Crippen molar-refractivity contribution in [2.24, 2.45) is 0 Å². The summed E-state index contributed by atoms with van der Waals surface area (Å²) in [4.78, 5) is 21.0. The number of benzene rings is 2. The quantitative estimate of drug-likeness (QED) is 0.418. The van der Waals surface area contributed by atoms with Gasteiger partial charge in [0.25, 0.3) is 5.91 Å². The van der Waals surface area contributed by atoms with E-state index in [1.807, 2.05) is 35.4 Å². The molecule has 5 aromatic rings. The molecule has 0 aliphatic carbocycles. The molecule has 0 bridgehead atoms. The molecule has 4 heterocycles. The van der Waals surface area contributed by atoms with E-state index in [0.29, 0.717) is 18.0 Å². The molecule has 0 radical (unpaired) electrons. The zero-order valence-corrected chi connectivity index (χ0v) is 17.6. The van der Waals surface area contributed by atoms with Crippen LogP contribution in [0.1, 0.15) is 28.4 Å². The number of nitrogens with zero attached hydrogens (tertiary/aromatic N) is 3. The highest BCUT2D eigenvalue weighted by molar-refractivity contribution is 7.22. The van der Waals surface area contributed by atoms with Gasteiger partial charge in [0.1, 0.15) is 0 Å². The number of aromatic amines is 1. The fraction of sp³-hybridized carbons (Fsp3) is 0.160. The van der Waals surface area contributed by atoms with Crippen LogP contribution in [0, 0.1) is 0 Å². The van der Waals surface area contributed by atoms with Crippen molar-refractivity contribution in [2.75, 3.05) is 13.1 Å². The van der Waals surface area contributed by atoms with E-state index in [0.717, 1.165) is 40.0 Å². The van der Waals surface area contributed by atoms with Gasteiger partial charge in [0, 0.05) is 57.0 Å². The summed E-state index contributed by atoms with van der Waals surface area (Å²) in [5.74, 6) is 0.369. The Morgan fingerprint density at radius 3 is 2.84 bits per heavy atom. The van der Waals surface area contributed by atoms with E-state index in [2.05, 4.69) is 51.6 Å². The van der Waals surface area contributed by atoms with Gasteiger partial charge in [-0.05, 0) is 48.2 Å². The van der Waals surface area contributed by atoms with Crippen molar-refractivity contribution >= 4 is 38.2 Å². The van der Waals surface area contributed by atoms with E-state index < -0.39 is 0 Å². The summed E-state index contributed by atoms with van der Waals surface area (Å²) in [5, 5.41) is 9.53. The Bertz CT molecular complexity index is 1370. The molecule has 31 heavy (non-hydrogen) atoms. The molecule has 5 nitrogen and oxygen atoms in total. The van der Waals surface area contributed by atoms with Crippen molar-refractivity contribution in [3.05, 3.63) is 84.3 Å². The van der Waals surface area contributed by atoms with Crippen LogP contribution in [0.5, 0.6) is 0 Å². The monoisotopic (exact) mass is 424 g/mol. The highest BCUT2D eigenvalue weighted by Crippen LogP contribution is 2.37. The summed E-state index contributed by atoms with van der Waals surface area (Å²) in [6.45, 7) is 1.46. The summed E-state index contributed by atoms with van der Waals surface area (Å²) < 4.78 is 1.24. The van der Waals surface area contributed by atoms with Gasteiger partial charge in [-0.15, -0.1) is 11.3 Å². The zero-order chi connectivity index (χ0) is 20.8. The van der Waals surface area contributed by atoms with E-state index in [4.69, 9.17) is 0 Å². The van der Waals surface area contributed by atoms with Gasteiger partial charge < -0.3 is 4.90 Å². The Balaban J connectivity index is 1.36. The lowest BCUT2D eigenvalue weighted by molar-refractivity contribution is 0.0791. The lowest BCUT2D eigenvalue weighted by Crippen LogP contribution is -2.28. The summed E-state index contributed by atoms with van der Waals surface area (Å²) in [7, 11) is 0. The van der Waals surface area contributed by atoms with Crippen LogP contribution in [0.2, 0.25) is 0 Å². The molecule has 0 spiro atoms. The van der Waals surface area contributed by atoms with Gasteiger partial charge in [-0.25, -0.2) is 0 Å². The maximum Gasteiger partial charge on any atom is 0.253 e. The molecule has 2 aromatic carbocycles. The van der Waals surface area contributed by atoms with Crippen LogP contribution in [0.4, 0.5) is 0 Å². The van der Waals surface area contributed by atoms with Crippen LogP contribution in [0.15, 0.2) is 73.1 Å². The lowest BCUT2D eigenvalue weighted by atomic mass is 10.0. The molecule has 3 aromatic heterocycles. The van der Waals surface area contributed by atoms with Crippen LogP contribution in [0.3, 0.4) is 0 Å². The van der Waals surface area contributed by atoms with Gasteiger partial charge in [-0.2, -0.15) is 5.10 Å². The molecule has 1 N–H and O–H groups in total. The van der Waals surface area contributed by atoms with E-state index >= 15 is 0 Å². The molecule has 1 aliphatic heterocycles. The fourth-order valence-corrected chi connectivity index (χ4v) is 5.56. The number of amides is 1. The highest BCUT2D eigenvalue weighted by Gasteiger charge is 2.29. The SMILES string of the molecule is O=C(c1cc(-c2cc3ccccc3s2)c2[nH]ncc2c1)N1CCC(c2ccccn2)C1. The molecular formula is C25H20N4OS. The van der Waals surface area contributed by atoms with Gasteiger partial charge >= 0.3 is 0 Å². The number of nitrogens with one attached hydrogen (secondary N) is 1. The second-order valence-electron chi connectivity index (χ2n) is 8.00. The van der Waals surface area contributed by atoms with Gasteiger partial charge in [0.15, 0.2) is 0 Å². The maximum absolute atomic E-state index is 13.4. The standard InChI is InChI=1S/C25H20N4OS/c30-25(29-10-8-17(15-29)21-6-3-4-9-26-21)18-11-19-14-27-28-24(19)20(12-18)23-13-16-5-1-2-7-22(16)31-23/h1-7,9,11-14,17H,8,10,15H2,(H,27,28). The molecule has 1 unspecified atom stereocenters. The van der Waals surface area contributed by atoms with Crippen molar-refractivity contribution in [2.45, 2.75) is 12.3 Å². The first-order valence-electron chi connectivity index (χ1n) is 10.4. The first-order chi connectivity index (χ1) is 15.3. The number of carbonyl (C=O) groups is 1. The number of aromatic nitrogens is 3. The second-order valence-corrected chi connectivity index (χ2v) is 9.08. The Labute approximate surface area is 183 Å². The third-order valence-electron chi connectivity index (χ3n) is 6.07. The summed E-state index contributed by atoms with van der Waals surface area (Å²) in [5.41, 5.74) is 3.77. The third-order valence-corrected chi connectivity index (χ3v) is 7.22. The topological polar surface area (TPSA) is 61.9 Å². The Kier molecular flexibility index (Phi) is 4.32. The lowest BCUT2D eigenvalue weighted by Gasteiger charge is -2.17. The summed E-state index contributed by atoms with van der Waals surface area (Å²) in [6.07, 6.45) is 4.56. The van der Waals surface area contributed by atoms with Gasteiger partial charge in [0.2, 0.25) is 0 Å². The predicted molar refractivity (Wildman–Crippen MR) is 124 cm³/mol. The number of fused-ring (bicyclic) bond motifs is 2. The van der Waals surface area contributed by atoms with Crippen LogP contribution in [-0.2, 0) is 0 Å². The number of thiophene rings is 1. The van der Waals surface area contributed by atoms with E-state index in [-0.39, 0.29) is 5.91 Å². The Hall–Kier alpha value is -3.51. The van der Waals surface area contributed by atoms with E-state index in [1.165, 1.54) is 10.1 Å². The summed E-state index contributed by atoms with van der Waals surface area (Å²) in [6, 6.07) is 20.5. The molecule has 1 aliphatic rings. The second kappa shape index (κ2) is 7.32. The molecule has 1 atom stereocenters. The number of carbonyl (C=O) groups excluding carboxylic acids is 1. The number of hydrogen-bond donors (Lipinski definition) is 1. The van der Waals surface area contributed by atoms with E-state index in [1.54, 1.807) is 17.5 Å². The molecule has 1 saturated heterocycles. The first kappa shape index (κ1) is 18.3. The van der Waals surface area contributed by atoms with Crippen LogP contribution < -0.4 is 0 Å². The minimum Gasteiger partial charge on any atom is -0.338 e. The summed E-state index contributed by atoms with van der Waals surface area (Å²) >= 11 is 1.74. The zero-order valence-electron chi connectivity index (χ0n) is 16.8. The first-order valence-corrected chi connectivity index (χ1v) is 11.2. The predicted octanol–water partition coefficient (Wildman–Crippen LogP) is 5.47. The number of rotatable bonds is 3. The number of H-pyrrole nitrogens is 1. The Morgan fingerprint density at radius 1 is 1.06 bits per heavy atom. The average molecular weight is 425 g/mol. The minimum atomic E-state index is 0.0730. The van der Waals surface area contributed by atoms with Crippen molar-refractivity contribution in [3.8, 4) is 10.4 Å². The fourth-order valence-electron chi connectivity index (χ4n) is 4.48. The molecule has 1 fully saturated rings. The number of likely N-dealkylation sites (tertiary alicyclic amines) is 1. The molecular weight excluding hydrogens is 404 g/mol. The highest BCUT2D eigenvalue weighted by atomic mass is 32.1. The van der Waals surface area contributed by atoms with Crippen LogP contribution in [-0.4, -0.2) is 39.1 Å². The van der Waals surface area contributed by atoms with Gasteiger partial charge in [0.05, 0.1) is 11.7 Å². The van der Waals surface area contributed by atoms with Crippen molar-refractivity contribution in [1.29, 1.82) is 0 Å². The molecule has 152 valence electrons. The smallest absolute Gasteiger partial charge is 0.253 e. The normalized spacial score (nSPS) is 16.4. The third kappa shape index (κ3) is 3.20.